The molecule has 0 aromatic heterocycles. The minimum Gasteiger partial charge on any atom is -0.496 e. The molecule has 5 heteroatoms. The van der Waals surface area contributed by atoms with Crippen molar-refractivity contribution < 1.29 is 19.3 Å². The summed E-state index contributed by atoms with van der Waals surface area (Å²) in [6.45, 7) is 2.39. The van der Waals surface area contributed by atoms with Crippen LogP contribution in [-0.2, 0) is 13.0 Å². The van der Waals surface area contributed by atoms with Crippen molar-refractivity contribution in [1.82, 2.24) is 4.90 Å². The molecule has 0 amide bonds. The molecule has 32 heavy (non-hydrogen) atoms. The second kappa shape index (κ2) is 14.4. The van der Waals surface area contributed by atoms with Gasteiger partial charge in [0.1, 0.15) is 11.6 Å². The first-order chi connectivity index (χ1) is 15.7. The lowest BCUT2D eigenvalue weighted by atomic mass is 9.88. The highest BCUT2D eigenvalue weighted by atomic mass is 19.1. The van der Waals surface area contributed by atoms with Crippen LogP contribution in [0.4, 0.5) is 4.39 Å². The van der Waals surface area contributed by atoms with E-state index in [9.17, 15) is 9.50 Å². The quantitative estimate of drug-likeness (QED) is 0.457. The van der Waals surface area contributed by atoms with E-state index in [1.165, 1.54) is 17.2 Å². The predicted molar refractivity (Wildman–Crippen MR) is 127 cm³/mol. The van der Waals surface area contributed by atoms with Gasteiger partial charge in [-0.3, -0.25) is 4.90 Å². The van der Waals surface area contributed by atoms with Gasteiger partial charge in [0.05, 0.1) is 13.7 Å². The van der Waals surface area contributed by atoms with Crippen LogP contribution in [0.3, 0.4) is 0 Å². The highest BCUT2D eigenvalue weighted by Gasteiger charge is 2.17. The third kappa shape index (κ3) is 8.08. The summed E-state index contributed by atoms with van der Waals surface area (Å²) in [6.07, 6.45) is 1.60. The number of aliphatic hydroxyl groups is 2. The van der Waals surface area contributed by atoms with Crippen LogP contribution in [0.2, 0.25) is 0 Å². The molecule has 2 N–H and O–H groups in total. The lowest BCUT2D eigenvalue weighted by molar-refractivity contribution is 0.185. The second-order valence-electron chi connectivity index (χ2n) is 7.54. The van der Waals surface area contributed by atoms with E-state index in [0.29, 0.717) is 18.7 Å². The summed E-state index contributed by atoms with van der Waals surface area (Å²) in [6, 6.07) is 25.4. The Morgan fingerprint density at radius 2 is 1.56 bits per heavy atom. The Labute approximate surface area is 190 Å². The van der Waals surface area contributed by atoms with Gasteiger partial charge in [-0.05, 0) is 60.2 Å². The summed E-state index contributed by atoms with van der Waals surface area (Å²) < 4.78 is 19.4. The van der Waals surface area contributed by atoms with Gasteiger partial charge in [-0.1, -0.05) is 60.7 Å². The van der Waals surface area contributed by atoms with Gasteiger partial charge in [0.15, 0.2) is 0 Å². The van der Waals surface area contributed by atoms with Crippen molar-refractivity contribution in [3.63, 3.8) is 0 Å². The molecule has 0 spiro atoms. The molecule has 3 aromatic rings. The molecule has 0 bridgehead atoms. The summed E-state index contributed by atoms with van der Waals surface area (Å²) in [4.78, 5) is 2.27. The molecule has 0 aliphatic carbocycles. The Morgan fingerprint density at radius 3 is 2.19 bits per heavy atom. The van der Waals surface area contributed by atoms with Crippen molar-refractivity contribution in [3.8, 4) is 5.75 Å². The Bertz CT molecular complexity index is 890. The monoisotopic (exact) mass is 439 g/mol. The van der Waals surface area contributed by atoms with Gasteiger partial charge in [0, 0.05) is 20.2 Å². The molecule has 0 saturated carbocycles. The molecule has 0 unspecified atom stereocenters. The number of benzene rings is 3. The van der Waals surface area contributed by atoms with Crippen molar-refractivity contribution in [1.29, 1.82) is 0 Å². The number of ether oxygens (including phenoxy) is 1. The lowest BCUT2D eigenvalue weighted by Gasteiger charge is -2.25. The zero-order chi connectivity index (χ0) is 23.2. The van der Waals surface area contributed by atoms with Gasteiger partial charge in [-0.15, -0.1) is 0 Å². The molecule has 0 aliphatic heterocycles. The smallest absolute Gasteiger partial charge is 0.123 e. The van der Waals surface area contributed by atoms with Crippen LogP contribution in [0.15, 0.2) is 78.9 Å². The molecule has 0 radical (unpaired) electrons. The van der Waals surface area contributed by atoms with Crippen LogP contribution < -0.4 is 4.74 Å². The highest BCUT2D eigenvalue weighted by molar-refractivity contribution is 5.36. The first-order valence-electron chi connectivity index (χ1n) is 10.9. The van der Waals surface area contributed by atoms with E-state index in [1.54, 1.807) is 19.2 Å². The van der Waals surface area contributed by atoms with E-state index in [-0.39, 0.29) is 18.3 Å². The number of aliphatic hydroxyl groups excluding tert-OH is 2. The zero-order valence-electron chi connectivity index (χ0n) is 19.0. The first kappa shape index (κ1) is 25.5. The van der Waals surface area contributed by atoms with Crippen molar-refractivity contribution in [2.75, 3.05) is 33.9 Å². The number of methoxy groups -OCH3 is 1. The summed E-state index contributed by atoms with van der Waals surface area (Å²) in [5.74, 6) is 0.691. The normalized spacial score (nSPS) is 11.6. The maximum Gasteiger partial charge on any atom is 0.123 e. The maximum atomic E-state index is 13.9. The largest absolute Gasteiger partial charge is 0.496 e. The number of nitrogens with zero attached hydrogens (tertiary/aromatic N) is 1. The van der Waals surface area contributed by atoms with Gasteiger partial charge in [-0.2, -0.15) is 0 Å². The van der Waals surface area contributed by atoms with Gasteiger partial charge in [0.2, 0.25) is 0 Å². The Morgan fingerprint density at radius 1 is 0.906 bits per heavy atom. The lowest BCUT2D eigenvalue weighted by Crippen LogP contribution is -2.29. The summed E-state index contributed by atoms with van der Waals surface area (Å²) in [5.41, 5.74) is 3.34. The van der Waals surface area contributed by atoms with E-state index in [1.807, 2.05) is 36.4 Å². The molecule has 0 heterocycles. The SMILES string of the molecule is CO.COc1ccc(F)cc1C[C@H](CCN(CCO)Cc1ccccc1)c1ccccc1. The van der Waals surface area contributed by atoms with Crippen LogP contribution in [0.25, 0.3) is 0 Å². The Balaban J connectivity index is 0.00000176. The fourth-order valence-corrected chi connectivity index (χ4v) is 3.88. The number of rotatable bonds is 11. The average Bonchev–Trinajstić information content (AvgIpc) is 2.84. The third-order valence-electron chi connectivity index (χ3n) is 5.44. The van der Waals surface area contributed by atoms with Crippen LogP contribution >= 0.6 is 0 Å². The average molecular weight is 440 g/mol. The van der Waals surface area contributed by atoms with Crippen molar-refractivity contribution in [3.05, 3.63) is 101 Å². The van der Waals surface area contributed by atoms with Gasteiger partial charge < -0.3 is 14.9 Å². The fraction of sp³-hybridized carbons (Fsp3) is 0.333. The third-order valence-corrected chi connectivity index (χ3v) is 5.44. The topological polar surface area (TPSA) is 52.9 Å². The second-order valence-corrected chi connectivity index (χ2v) is 7.54. The van der Waals surface area contributed by atoms with E-state index >= 15 is 0 Å². The molecule has 3 rings (SSSR count). The molecule has 0 aliphatic rings. The number of halogens is 1. The molecular weight excluding hydrogens is 405 g/mol. The van der Waals surface area contributed by atoms with Crippen molar-refractivity contribution in [2.24, 2.45) is 0 Å². The summed E-state index contributed by atoms with van der Waals surface area (Å²) in [7, 11) is 2.62. The standard InChI is InChI=1S/C26H30FNO2.CH4O/c1-30-26-13-12-25(27)19-24(26)18-23(22-10-6-3-7-11-22)14-15-28(16-17-29)20-21-8-4-2-5-9-21;1-2/h2-13,19,23,29H,14-18,20H2,1H3;2H,1H3/t23-;/m0./s1. The predicted octanol–water partition coefficient (Wildman–Crippen LogP) is 4.65. The zero-order valence-corrected chi connectivity index (χ0v) is 19.0. The minimum atomic E-state index is -0.247. The molecule has 0 fully saturated rings. The molecule has 1 atom stereocenters. The molecule has 172 valence electrons. The Hall–Kier alpha value is -2.73. The molecule has 3 aromatic carbocycles. The minimum absolute atomic E-state index is 0.126. The van der Waals surface area contributed by atoms with Crippen LogP contribution in [0.1, 0.15) is 29.0 Å². The highest BCUT2D eigenvalue weighted by Crippen LogP contribution is 2.30. The van der Waals surface area contributed by atoms with Gasteiger partial charge in [0.25, 0.3) is 0 Å². The maximum absolute atomic E-state index is 13.9. The molecular formula is C27H34FNO3. The number of hydrogen-bond donors (Lipinski definition) is 2. The van der Waals surface area contributed by atoms with Crippen molar-refractivity contribution in [2.45, 2.75) is 25.3 Å². The van der Waals surface area contributed by atoms with Crippen LogP contribution in [0.5, 0.6) is 5.75 Å². The first-order valence-corrected chi connectivity index (χ1v) is 10.9. The van der Waals surface area contributed by atoms with Crippen LogP contribution in [0, 0.1) is 5.82 Å². The van der Waals surface area contributed by atoms with E-state index in [4.69, 9.17) is 9.84 Å². The van der Waals surface area contributed by atoms with E-state index < -0.39 is 0 Å². The summed E-state index contributed by atoms with van der Waals surface area (Å²) in [5, 5.41) is 16.5. The molecule has 0 saturated heterocycles. The van der Waals surface area contributed by atoms with Crippen LogP contribution in [-0.4, -0.2) is 49.0 Å². The number of hydrogen-bond acceptors (Lipinski definition) is 4. The van der Waals surface area contributed by atoms with Gasteiger partial charge in [-0.25, -0.2) is 4.39 Å². The van der Waals surface area contributed by atoms with Crippen molar-refractivity contribution >= 4 is 0 Å². The van der Waals surface area contributed by atoms with E-state index in [0.717, 1.165) is 32.2 Å². The van der Waals surface area contributed by atoms with E-state index in [2.05, 4.69) is 29.2 Å². The summed E-state index contributed by atoms with van der Waals surface area (Å²) >= 11 is 0. The Kier molecular flexibility index (Phi) is 11.5. The molecule has 4 nitrogen and oxygen atoms in total. The van der Waals surface area contributed by atoms with Gasteiger partial charge >= 0.3 is 0 Å². The fourth-order valence-electron chi connectivity index (χ4n) is 3.88.